The lowest BCUT2D eigenvalue weighted by Crippen LogP contribution is -2.63. The molecule has 0 bridgehead atoms. The smallest absolute Gasteiger partial charge is 0.329 e. The molecule has 1 aliphatic carbocycles. The molecule has 29 heavy (non-hydrogen) atoms. The Morgan fingerprint density at radius 1 is 1.14 bits per heavy atom. The minimum atomic E-state index is -0.546. The molecule has 0 unspecified atom stereocenters. The maximum absolute atomic E-state index is 14.8. The highest BCUT2D eigenvalue weighted by molar-refractivity contribution is 6.09. The van der Waals surface area contributed by atoms with Gasteiger partial charge in [0.05, 0.1) is 11.2 Å². The van der Waals surface area contributed by atoms with Crippen LogP contribution >= 0.6 is 0 Å². The van der Waals surface area contributed by atoms with Gasteiger partial charge in [-0.25, -0.2) is 9.18 Å². The first kappa shape index (κ1) is 19.4. The Morgan fingerprint density at radius 2 is 1.83 bits per heavy atom. The molecule has 1 spiro atoms. The summed E-state index contributed by atoms with van der Waals surface area (Å²) in [5, 5.41) is 7.17. The SMILES string of the molecule is CC.Cn1nc(N2CCC(=O)NC2=O)c2cc(F)c(N3CC4(CC(=O)C4)C3)cc21. The van der Waals surface area contributed by atoms with Gasteiger partial charge in [-0.2, -0.15) is 5.10 Å². The molecule has 8 nitrogen and oxygen atoms in total. The van der Waals surface area contributed by atoms with Crippen LogP contribution in [0.3, 0.4) is 0 Å². The normalized spacial score (nSPS) is 20.2. The number of hydrogen-bond donors (Lipinski definition) is 1. The Balaban J connectivity index is 0.000000994. The van der Waals surface area contributed by atoms with Gasteiger partial charge in [0.2, 0.25) is 5.91 Å². The quantitative estimate of drug-likeness (QED) is 0.835. The number of aromatic nitrogens is 2. The number of imide groups is 1. The number of hydrogen-bond acceptors (Lipinski definition) is 5. The van der Waals surface area contributed by atoms with Crippen molar-refractivity contribution in [2.75, 3.05) is 29.4 Å². The first-order chi connectivity index (χ1) is 13.8. The molecule has 3 aliphatic rings. The number of aryl methyl sites for hydroxylation is 1. The second-order valence-electron chi connectivity index (χ2n) is 7.77. The summed E-state index contributed by atoms with van der Waals surface area (Å²) in [6.07, 6.45) is 1.36. The number of carbonyl (C=O) groups is 3. The number of fused-ring (bicyclic) bond motifs is 1. The van der Waals surface area contributed by atoms with Crippen molar-refractivity contribution in [3.63, 3.8) is 0 Å². The molecule has 0 radical (unpaired) electrons. The molecule has 1 aromatic heterocycles. The van der Waals surface area contributed by atoms with E-state index in [1.807, 2.05) is 18.7 Å². The van der Waals surface area contributed by atoms with E-state index in [-0.39, 0.29) is 35.9 Å². The summed E-state index contributed by atoms with van der Waals surface area (Å²) in [5.74, 6) is -0.0929. The van der Waals surface area contributed by atoms with Crippen LogP contribution in [0.2, 0.25) is 0 Å². The van der Waals surface area contributed by atoms with Crippen LogP contribution in [-0.2, 0) is 16.6 Å². The van der Waals surface area contributed by atoms with Crippen molar-refractivity contribution in [1.82, 2.24) is 15.1 Å². The molecule has 3 fully saturated rings. The van der Waals surface area contributed by atoms with E-state index >= 15 is 0 Å². The average Bonchev–Trinajstić information content (AvgIpc) is 2.94. The molecular weight excluding hydrogens is 377 g/mol. The summed E-state index contributed by atoms with van der Waals surface area (Å²) in [7, 11) is 1.74. The Bertz CT molecular complexity index is 1010. The molecule has 3 amide bonds. The summed E-state index contributed by atoms with van der Waals surface area (Å²) in [6, 6.07) is 2.59. The summed E-state index contributed by atoms with van der Waals surface area (Å²) in [4.78, 5) is 38.1. The summed E-state index contributed by atoms with van der Waals surface area (Å²) in [5.41, 5.74) is 1.23. The molecule has 9 heteroatoms. The monoisotopic (exact) mass is 401 g/mol. The standard InChI is InChI=1S/C18H18FN5O3.C2H6/c1-22-13-5-14(23-8-18(9-23)6-10(25)7-18)12(19)4-11(13)16(21-22)24-3-2-15(26)20-17(24)27;1-2/h4-5H,2-3,6-9H2,1H3,(H,20,26,27);1-2H3. The Morgan fingerprint density at radius 3 is 2.45 bits per heavy atom. The molecule has 2 aromatic rings. The highest BCUT2D eigenvalue weighted by Gasteiger charge is 2.52. The molecule has 1 N–H and O–H groups in total. The van der Waals surface area contributed by atoms with E-state index in [0.29, 0.717) is 48.3 Å². The number of ketones is 1. The van der Waals surface area contributed by atoms with E-state index in [1.54, 1.807) is 17.8 Å². The predicted molar refractivity (Wildman–Crippen MR) is 106 cm³/mol. The van der Waals surface area contributed by atoms with Crippen LogP contribution < -0.4 is 15.1 Å². The maximum atomic E-state index is 14.8. The lowest BCUT2D eigenvalue weighted by atomic mass is 9.62. The molecule has 0 atom stereocenters. The number of Topliss-reactive ketones (excluding diaryl/α,β-unsaturated/α-hetero) is 1. The van der Waals surface area contributed by atoms with Crippen molar-refractivity contribution in [2.45, 2.75) is 33.1 Å². The van der Waals surface area contributed by atoms with Crippen LogP contribution in [0.15, 0.2) is 12.1 Å². The zero-order chi connectivity index (χ0) is 20.9. The van der Waals surface area contributed by atoms with E-state index in [0.717, 1.165) is 0 Å². The van der Waals surface area contributed by atoms with Crippen molar-refractivity contribution in [1.29, 1.82) is 0 Å². The lowest BCUT2D eigenvalue weighted by molar-refractivity contribution is -0.134. The number of nitrogens with one attached hydrogen (secondary N) is 1. The van der Waals surface area contributed by atoms with Crippen LogP contribution in [-0.4, -0.2) is 47.1 Å². The van der Waals surface area contributed by atoms with Crippen LogP contribution in [0, 0.1) is 11.2 Å². The first-order valence-corrected chi connectivity index (χ1v) is 9.89. The van der Waals surface area contributed by atoms with Crippen molar-refractivity contribution in [3.05, 3.63) is 17.9 Å². The largest absolute Gasteiger partial charge is 0.368 e. The van der Waals surface area contributed by atoms with Gasteiger partial charge in [0, 0.05) is 56.7 Å². The first-order valence-electron chi connectivity index (χ1n) is 9.89. The van der Waals surface area contributed by atoms with E-state index in [2.05, 4.69) is 10.4 Å². The number of amides is 3. The van der Waals surface area contributed by atoms with Gasteiger partial charge in [-0.15, -0.1) is 0 Å². The molecule has 2 saturated heterocycles. The van der Waals surface area contributed by atoms with Crippen molar-refractivity contribution < 1.29 is 18.8 Å². The van der Waals surface area contributed by atoms with Gasteiger partial charge < -0.3 is 4.90 Å². The Hall–Kier alpha value is -2.97. The van der Waals surface area contributed by atoms with E-state index in [4.69, 9.17) is 0 Å². The van der Waals surface area contributed by atoms with Crippen molar-refractivity contribution >= 4 is 40.1 Å². The summed E-state index contributed by atoms with van der Waals surface area (Å²) < 4.78 is 16.4. The molecular formula is C20H24FN5O3. The Kier molecular flexibility index (Phi) is 4.55. The average molecular weight is 401 g/mol. The van der Waals surface area contributed by atoms with E-state index in [9.17, 15) is 18.8 Å². The van der Waals surface area contributed by atoms with Crippen molar-refractivity contribution in [3.8, 4) is 0 Å². The number of urea groups is 1. The van der Waals surface area contributed by atoms with Crippen LogP contribution in [0.5, 0.6) is 0 Å². The lowest BCUT2D eigenvalue weighted by Gasteiger charge is -2.55. The van der Waals surface area contributed by atoms with Gasteiger partial charge in [0.15, 0.2) is 5.82 Å². The number of anilines is 2. The fourth-order valence-electron chi connectivity index (χ4n) is 4.40. The van der Waals surface area contributed by atoms with Gasteiger partial charge in [-0.05, 0) is 12.1 Å². The minimum Gasteiger partial charge on any atom is -0.368 e. The number of carbonyl (C=O) groups excluding carboxylic acids is 3. The van der Waals surface area contributed by atoms with Crippen molar-refractivity contribution in [2.24, 2.45) is 12.5 Å². The Labute approximate surface area is 167 Å². The molecule has 2 aliphatic heterocycles. The summed E-state index contributed by atoms with van der Waals surface area (Å²) in [6.45, 7) is 5.58. The molecule has 1 aromatic carbocycles. The third-order valence-electron chi connectivity index (χ3n) is 5.75. The second-order valence-corrected chi connectivity index (χ2v) is 7.77. The second kappa shape index (κ2) is 6.82. The van der Waals surface area contributed by atoms with Gasteiger partial charge >= 0.3 is 6.03 Å². The summed E-state index contributed by atoms with van der Waals surface area (Å²) >= 11 is 0. The van der Waals surface area contributed by atoms with Crippen LogP contribution in [0.25, 0.3) is 10.9 Å². The number of rotatable bonds is 2. The highest BCUT2D eigenvalue weighted by Crippen LogP contribution is 2.48. The topological polar surface area (TPSA) is 87.5 Å². The van der Waals surface area contributed by atoms with Crippen LogP contribution in [0.1, 0.15) is 33.1 Å². The third-order valence-corrected chi connectivity index (χ3v) is 5.75. The minimum absolute atomic E-state index is 0.0362. The number of benzene rings is 1. The number of halogens is 1. The zero-order valence-corrected chi connectivity index (χ0v) is 16.8. The van der Waals surface area contributed by atoms with Gasteiger partial charge in [-0.1, -0.05) is 13.8 Å². The molecule has 3 heterocycles. The fraction of sp³-hybridized carbons (Fsp3) is 0.500. The van der Waals surface area contributed by atoms with Crippen LogP contribution in [0.4, 0.5) is 20.7 Å². The third kappa shape index (κ3) is 3.04. The molecule has 1 saturated carbocycles. The van der Waals surface area contributed by atoms with Gasteiger partial charge in [-0.3, -0.25) is 24.5 Å². The molecule has 154 valence electrons. The molecule has 5 rings (SSSR count). The van der Waals surface area contributed by atoms with Gasteiger partial charge in [0.25, 0.3) is 0 Å². The highest BCUT2D eigenvalue weighted by atomic mass is 19.1. The predicted octanol–water partition coefficient (Wildman–Crippen LogP) is 2.35. The van der Waals surface area contributed by atoms with E-state index in [1.165, 1.54) is 11.0 Å². The maximum Gasteiger partial charge on any atom is 0.329 e. The number of nitrogens with zero attached hydrogens (tertiary/aromatic N) is 4. The fourth-order valence-corrected chi connectivity index (χ4v) is 4.40. The zero-order valence-electron chi connectivity index (χ0n) is 16.8. The van der Waals surface area contributed by atoms with E-state index < -0.39 is 6.03 Å². The van der Waals surface area contributed by atoms with Gasteiger partial charge in [0.1, 0.15) is 11.6 Å².